The molecule has 108 valence electrons. The van der Waals surface area contributed by atoms with Crippen molar-refractivity contribution in [1.29, 1.82) is 5.26 Å². The van der Waals surface area contributed by atoms with Gasteiger partial charge in [-0.15, -0.1) is 0 Å². The van der Waals surface area contributed by atoms with Crippen LogP contribution in [0.1, 0.15) is 18.9 Å². The molecule has 1 fully saturated rings. The summed E-state index contributed by atoms with van der Waals surface area (Å²) in [6, 6.07) is 6.58. The predicted octanol–water partition coefficient (Wildman–Crippen LogP) is 1.94. The second-order valence-corrected chi connectivity index (χ2v) is 5.76. The van der Waals surface area contributed by atoms with Crippen LogP contribution in [0.5, 0.6) is 0 Å². The maximum Gasteiger partial charge on any atom is 0.116 e. The largest absolute Gasteiger partial charge is 0.369 e. The Balaban J connectivity index is 2.07. The van der Waals surface area contributed by atoms with Gasteiger partial charge in [0.25, 0.3) is 0 Å². The summed E-state index contributed by atoms with van der Waals surface area (Å²) in [6.07, 6.45) is 4.51. The minimum atomic E-state index is 0.490. The third-order valence-corrected chi connectivity index (χ3v) is 4.18. The molecule has 0 bridgehead atoms. The van der Waals surface area contributed by atoms with E-state index in [2.05, 4.69) is 33.2 Å². The number of fused-ring (bicyclic) bond motifs is 1. The Morgan fingerprint density at radius 1 is 1.38 bits per heavy atom. The van der Waals surface area contributed by atoms with E-state index in [4.69, 9.17) is 0 Å². The average Bonchev–Trinajstić information content (AvgIpc) is 2.53. The molecule has 2 aromatic rings. The molecular formula is C16H19N5. The van der Waals surface area contributed by atoms with Crippen molar-refractivity contribution in [3.63, 3.8) is 0 Å². The highest BCUT2D eigenvalue weighted by Crippen LogP contribution is 2.30. The maximum absolute atomic E-state index is 9.23. The third-order valence-electron chi connectivity index (χ3n) is 4.18. The first-order valence-corrected chi connectivity index (χ1v) is 7.28. The van der Waals surface area contributed by atoms with Gasteiger partial charge in [0.05, 0.1) is 11.1 Å². The van der Waals surface area contributed by atoms with Crippen molar-refractivity contribution >= 4 is 16.6 Å². The first-order chi connectivity index (χ1) is 10.2. The molecule has 1 aliphatic heterocycles. The van der Waals surface area contributed by atoms with Gasteiger partial charge in [-0.2, -0.15) is 5.26 Å². The van der Waals surface area contributed by atoms with E-state index >= 15 is 0 Å². The standard InChI is InChI=1S/C16H19N5/c1-11-5-13(18-2)9-21(8-11)15-4-3-12(6-17)16-14(15)7-19-10-20-16/h3-4,7,10-11,13,18H,5,8-9H2,1-2H3/t11-,13+/m0/s1. The van der Waals surface area contributed by atoms with Crippen molar-refractivity contribution in [3.8, 4) is 6.07 Å². The molecule has 0 amide bonds. The Labute approximate surface area is 124 Å². The van der Waals surface area contributed by atoms with E-state index in [1.807, 2.05) is 25.4 Å². The molecule has 0 radical (unpaired) electrons. The van der Waals surface area contributed by atoms with Crippen molar-refractivity contribution in [2.24, 2.45) is 5.92 Å². The second-order valence-electron chi connectivity index (χ2n) is 5.76. The number of rotatable bonds is 2. The maximum atomic E-state index is 9.23. The fourth-order valence-electron chi connectivity index (χ4n) is 3.19. The molecule has 3 rings (SSSR count). The van der Waals surface area contributed by atoms with Gasteiger partial charge in [-0.05, 0) is 31.5 Å². The van der Waals surface area contributed by atoms with Gasteiger partial charge < -0.3 is 10.2 Å². The molecule has 21 heavy (non-hydrogen) atoms. The van der Waals surface area contributed by atoms with Crippen molar-refractivity contribution in [2.45, 2.75) is 19.4 Å². The van der Waals surface area contributed by atoms with Gasteiger partial charge >= 0.3 is 0 Å². The molecule has 5 heteroatoms. The first kappa shape index (κ1) is 13.8. The van der Waals surface area contributed by atoms with E-state index < -0.39 is 0 Å². The van der Waals surface area contributed by atoms with Crippen LogP contribution in [0, 0.1) is 17.2 Å². The predicted molar refractivity (Wildman–Crippen MR) is 83.1 cm³/mol. The zero-order valence-electron chi connectivity index (χ0n) is 12.4. The minimum Gasteiger partial charge on any atom is -0.369 e. The highest BCUT2D eigenvalue weighted by molar-refractivity contribution is 5.94. The molecule has 1 saturated heterocycles. The van der Waals surface area contributed by atoms with Crippen molar-refractivity contribution in [2.75, 3.05) is 25.0 Å². The van der Waals surface area contributed by atoms with E-state index in [0.717, 1.165) is 29.7 Å². The van der Waals surface area contributed by atoms with Crippen molar-refractivity contribution < 1.29 is 0 Å². The molecule has 2 atom stereocenters. The number of nitrogens with one attached hydrogen (secondary N) is 1. The van der Waals surface area contributed by atoms with Crippen LogP contribution < -0.4 is 10.2 Å². The quantitative estimate of drug-likeness (QED) is 0.911. The highest BCUT2D eigenvalue weighted by atomic mass is 15.2. The highest BCUT2D eigenvalue weighted by Gasteiger charge is 2.25. The number of hydrogen-bond acceptors (Lipinski definition) is 5. The SMILES string of the molecule is CN[C@@H]1C[C@H](C)CN(c2ccc(C#N)c3ncncc23)C1. The lowest BCUT2D eigenvalue weighted by Gasteiger charge is -2.38. The number of likely N-dealkylation sites (N-methyl/N-ethyl adjacent to an activating group) is 1. The van der Waals surface area contributed by atoms with Crippen LogP contribution in [0.15, 0.2) is 24.7 Å². The Bertz CT molecular complexity index is 691. The number of hydrogen-bond donors (Lipinski definition) is 1. The Morgan fingerprint density at radius 3 is 3.00 bits per heavy atom. The van der Waals surface area contributed by atoms with Crippen molar-refractivity contribution in [3.05, 3.63) is 30.2 Å². The van der Waals surface area contributed by atoms with Gasteiger partial charge in [0.15, 0.2) is 0 Å². The molecule has 0 aliphatic carbocycles. The number of piperidine rings is 1. The van der Waals surface area contributed by atoms with Crippen LogP contribution in [0.2, 0.25) is 0 Å². The summed E-state index contributed by atoms with van der Waals surface area (Å²) in [5.41, 5.74) is 2.46. The number of aromatic nitrogens is 2. The summed E-state index contributed by atoms with van der Waals surface area (Å²) in [4.78, 5) is 10.8. The lowest BCUT2D eigenvalue weighted by Crippen LogP contribution is -2.47. The molecular weight excluding hydrogens is 262 g/mol. The summed E-state index contributed by atoms with van der Waals surface area (Å²) in [7, 11) is 2.01. The number of anilines is 1. The molecule has 0 saturated carbocycles. The average molecular weight is 281 g/mol. The number of benzene rings is 1. The zero-order chi connectivity index (χ0) is 14.8. The van der Waals surface area contributed by atoms with Gasteiger partial charge in [0, 0.05) is 36.4 Å². The van der Waals surface area contributed by atoms with E-state index in [9.17, 15) is 5.26 Å². The summed E-state index contributed by atoms with van der Waals surface area (Å²) in [5.74, 6) is 0.631. The number of nitrogens with zero attached hydrogens (tertiary/aromatic N) is 4. The van der Waals surface area contributed by atoms with Crippen LogP contribution in [0.25, 0.3) is 10.9 Å². The van der Waals surface area contributed by atoms with Crippen LogP contribution in [-0.2, 0) is 0 Å². The van der Waals surface area contributed by atoms with Gasteiger partial charge in [0.1, 0.15) is 12.4 Å². The molecule has 1 N–H and O–H groups in total. The fourth-order valence-corrected chi connectivity index (χ4v) is 3.19. The fraction of sp³-hybridized carbons (Fsp3) is 0.438. The van der Waals surface area contributed by atoms with Crippen LogP contribution in [-0.4, -0.2) is 36.1 Å². The summed E-state index contributed by atoms with van der Waals surface area (Å²) < 4.78 is 0. The van der Waals surface area contributed by atoms with Gasteiger partial charge in [-0.25, -0.2) is 9.97 Å². The van der Waals surface area contributed by atoms with Gasteiger partial charge in [-0.1, -0.05) is 6.92 Å². The van der Waals surface area contributed by atoms with E-state index in [0.29, 0.717) is 17.5 Å². The summed E-state index contributed by atoms with van der Waals surface area (Å²) in [6.45, 7) is 4.27. The minimum absolute atomic E-state index is 0.490. The van der Waals surface area contributed by atoms with E-state index in [-0.39, 0.29) is 0 Å². The van der Waals surface area contributed by atoms with Crippen molar-refractivity contribution in [1.82, 2.24) is 15.3 Å². The molecule has 1 aromatic heterocycles. The van der Waals surface area contributed by atoms with E-state index in [1.54, 1.807) is 0 Å². The molecule has 5 nitrogen and oxygen atoms in total. The lowest BCUT2D eigenvalue weighted by atomic mass is 9.95. The molecule has 1 aromatic carbocycles. The van der Waals surface area contributed by atoms with Crippen LogP contribution in [0.3, 0.4) is 0 Å². The lowest BCUT2D eigenvalue weighted by molar-refractivity contribution is 0.367. The third kappa shape index (κ3) is 2.55. The topological polar surface area (TPSA) is 64.8 Å². The smallest absolute Gasteiger partial charge is 0.116 e. The molecule has 2 heterocycles. The van der Waals surface area contributed by atoms with Crippen LogP contribution >= 0.6 is 0 Å². The monoisotopic (exact) mass is 281 g/mol. The van der Waals surface area contributed by atoms with Gasteiger partial charge in [0.2, 0.25) is 0 Å². The molecule has 1 aliphatic rings. The molecule has 0 unspecified atom stereocenters. The molecule has 0 spiro atoms. The second kappa shape index (κ2) is 5.66. The Hall–Kier alpha value is -2.19. The van der Waals surface area contributed by atoms with E-state index in [1.165, 1.54) is 12.7 Å². The van der Waals surface area contributed by atoms with Crippen LogP contribution in [0.4, 0.5) is 5.69 Å². The van der Waals surface area contributed by atoms with Gasteiger partial charge in [-0.3, -0.25) is 0 Å². The summed E-state index contributed by atoms with van der Waals surface area (Å²) in [5, 5.41) is 13.6. The number of nitriles is 1. The Kier molecular flexibility index (Phi) is 3.72. The summed E-state index contributed by atoms with van der Waals surface area (Å²) >= 11 is 0. The zero-order valence-corrected chi connectivity index (χ0v) is 12.4. The normalized spacial score (nSPS) is 22.2. The Morgan fingerprint density at radius 2 is 2.24 bits per heavy atom. The first-order valence-electron chi connectivity index (χ1n) is 7.28.